The van der Waals surface area contributed by atoms with Gasteiger partial charge in [-0.05, 0) is 18.1 Å². The molecule has 1 atom stereocenters. The molecule has 4 nitrogen and oxygen atoms in total. The molecule has 98 valence electrons. The first-order valence-electron chi connectivity index (χ1n) is 6.30. The minimum atomic E-state index is 0.0301. The molecule has 1 N–H and O–H groups in total. The van der Waals surface area contributed by atoms with Crippen molar-refractivity contribution >= 4 is 11.6 Å². The zero-order chi connectivity index (χ0) is 13.1. The first-order chi connectivity index (χ1) is 8.65. The summed E-state index contributed by atoms with van der Waals surface area (Å²) in [5.41, 5.74) is 1.67. The Morgan fingerprint density at radius 2 is 2.11 bits per heavy atom. The number of nitrogens with one attached hydrogen (secondary N) is 1. The second kappa shape index (κ2) is 5.40. The van der Waals surface area contributed by atoms with Crippen LogP contribution in [0.5, 0.6) is 0 Å². The Balaban J connectivity index is 2.30. The van der Waals surface area contributed by atoms with Crippen LogP contribution in [0.25, 0.3) is 0 Å². The van der Waals surface area contributed by atoms with Crippen molar-refractivity contribution in [3.05, 3.63) is 29.8 Å². The Kier molecular flexibility index (Phi) is 3.87. The molecular formula is C14H20N2O2. The third-order valence-electron chi connectivity index (χ3n) is 3.23. The van der Waals surface area contributed by atoms with E-state index in [1.807, 2.05) is 29.2 Å². The van der Waals surface area contributed by atoms with E-state index in [4.69, 9.17) is 4.74 Å². The lowest BCUT2D eigenvalue weighted by molar-refractivity contribution is 0.0559. The number of para-hydroxylation sites is 1. The average molecular weight is 248 g/mol. The van der Waals surface area contributed by atoms with E-state index in [-0.39, 0.29) is 12.1 Å². The highest BCUT2D eigenvalue weighted by molar-refractivity contribution is 6.01. The lowest BCUT2D eigenvalue weighted by atomic mass is 10.0. The predicted molar refractivity (Wildman–Crippen MR) is 71.6 cm³/mol. The van der Waals surface area contributed by atoms with Gasteiger partial charge < -0.3 is 15.0 Å². The first-order valence-corrected chi connectivity index (χ1v) is 6.30. The topological polar surface area (TPSA) is 41.6 Å². The fraction of sp³-hybridized carbons (Fsp3) is 0.500. The van der Waals surface area contributed by atoms with Crippen LogP contribution in [0, 0.1) is 5.92 Å². The highest BCUT2D eigenvalue weighted by Crippen LogP contribution is 2.27. The fourth-order valence-corrected chi connectivity index (χ4v) is 2.27. The maximum atomic E-state index is 12.5. The van der Waals surface area contributed by atoms with Gasteiger partial charge in [-0.25, -0.2) is 0 Å². The minimum Gasteiger partial charge on any atom is -0.383 e. The molecule has 0 bridgehead atoms. The number of amides is 1. The second-order valence-corrected chi connectivity index (χ2v) is 4.87. The van der Waals surface area contributed by atoms with Gasteiger partial charge in [0.15, 0.2) is 0 Å². The summed E-state index contributed by atoms with van der Waals surface area (Å²) in [6.07, 6.45) is 0.0301. The molecule has 1 heterocycles. The molecule has 1 aliphatic heterocycles. The summed E-state index contributed by atoms with van der Waals surface area (Å²) in [6, 6.07) is 7.65. The molecule has 1 amide bonds. The van der Waals surface area contributed by atoms with Crippen molar-refractivity contribution in [1.29, 1.82) is 0 Å². The van der Waals surface area contributed by atoms with E-state index in [1.54, 1.807) is 7.11 Å². The number of benzene rings is 1. The number of hydrogen-bond acceptors (Lipinski definition) is 3. The number of carbonyl (C=O) groups excluding carboxylic acids is 1. The van der Waals surface area contributed by atoms with Gasteiger partial charge in [0.2, 0.25) is 0 Å². The van der Waals surface area contributed by atoms with E-state index in [1.165, 1.54) is 0 Å². The van der Waals surface area contributed by atoms with Crippen LogP contribution in [0.4, 0.5) is 5.69 Å². The molecule has 0 spiro atoms. The number of anilines is 1. The van der Waals surface area contributed by atoms with Crippen LogP contribution in [-0.4, -0.2) is 37.2 Å². The monoisotopic (exact) mass is 248 g/mol. The van der Waals surface area contributed by atoms with E-state index >= 15 is 0 Å². The van der Waals surface area contributed by atoms with Crippen molar-refractivity contribution < 1.29 is 9.53 Å². The number of hydrogen-bond donors (Lipinski definition) is 1. The van der Waals surface area contributed by atoms with Crippen LogP contribution >= 0.6 is 0 Å². The van der Waals surface area contributed by atoms with Gasteiger partial charge in [0.05, 0.1) is 12.2 Å². The van der Waals surface area contributed by atoms with Gasteiger partial charge in [-0.3, -0.25) is 4.79 Å². The normalized spacial score (nSPS) is 18.8. The number of carbonyl (C=O) groups is 1. The lowest BCUT2D eigenvalue weighted by Crippen LogP contribution is -2.52. The van der Waals surface area contributed by atoms with Gasteiger partial charge in [0.1, 0.15) is 6.17 Å². The quantitative estimate of drug-likeness (QED) is 0.888. The van der Waals surface area contributed by atoms with Gasteiger partial charge >= 0.3 is 0 Å². The van der Waals surface area contributed by atoms with Gasteiger partial charge in [-0.2, -0.15) is 0 Å². The van der Waals surface area contributed by atoms with Crippen molar-refractivity contribution in [2.75, 3.05) is 25.6 Å². The molecule has 1 unspecified atom stereocenters. The van der Waals surface area contributed by atoms with Crippen molar-refractivity contribution in [1.82, 2.24) is 4.90 Å². The Bertz CT molecular complexity index is 432. The van der Waals surface area contributed by atoms with Crippen LogP contribution in [-0.2, 0) is 4.74 Å². The zero-order valence-corrected chi connectivity index (χ0v) is 11.1. The maximum absolute atomic E-state index is 12.5. The zero-order valence-electron chi connectivity index (χ0n) is 11.1. The first kappa shape index (κ1) is 12.9. The van der Waals surface area contributed by atoms with Crippen molar-refractivity contribution in [3.8, 4) is 0 Å². The molecule has 0 saturated carbocycles. The number of methoxy groups -OCH3 is 1. The highest BCUT2D eigenvalue weighted by atomic mass is 16.5. The Hall–Kier alpha value is -1.55. The molecule has 0 saturated heterocycles. The maximum Gasteiger partial charge on any atom is 0.257 e. The molecular weight excluding hydrogens is 228 g/mol. The molecule has 18 heavy (non-hydrogen) atoms. The number of nitrogens with zero attached hydrogens (tertiary/aromatic N) is 1. The van der Waals surface area contributed by atoms with E-state index < -0.39 is 0 Å². The van der Waals surface area contributed by atoms with Gasteiger partial charge in [0.25, 0.3) is 5.91 Å². The summed E-state index contributed by atoms with van der Waals surface area (Å²) in [6.45, 7) is 5.38. The van der Waals surface area contributed by atoms with Crippen molar-refractivity contribution in [3.63, 3.8) is 0 Å². The summed E-state index contributed by atoms with van der Waals surface area (Å²) in [5.74, 6) is 0.430. The highest BCUT2D eigenvalue weighted by Gasteiger charge is 2.32. The van der Waals surface area contributed by atoms with Gasteiger partial charge in [-0.15, -0.1) is 0 Å². The lowest BCUT2D eigenvalue weighted by Gasteiger charge is -2.40. The van der Waals surface area contributed by atoms with E-state index in [0.29, 0.717) is 19.1 Å². The summed E-state index contributed by atoms with van der Waals surface area (Å²) in [4.78, 5) is 14.3. The van der Waals surface area contributed by atoms with Crippen LogP contribution in [0.15, 0.2) is 24.3 Å². The Morgan fingerprint density at radius 1 is 1.39 bits per heavy atom. The predicted octanol–water partition coefficient (Wildman–Crippen LogP) is 2.18. The van der Waals surface area contributed by atoms with Crippen molar-refractivity contribution in [2.45, 2.75) is 20.0 Å². The van der Waals surface area contributed by atoms with Gasteiger partial charge in [-0.1, -0.05) is 26.0 Å². The van der Waals surface area contributed by atoms with E-state index in [2.05, 4.69) is 19.2 Å². The SMILES string of the molecule is COCCN1C(=O)c2ccccc2NC1C(C)C. The van der Waals surface area contributed by atoms with Crippen LogP contribution in [0.3, 0.4) is 0 Å². The molecule has 1 aliphatic rings. The van der Waals surface area contributed by atoms with E-state index in [0.717, 1.165) is 11.3 Å². The van der Waals surface area contributed by atoms with Crippen LogP contribution < -0.4 is 5.32 Å². The molecule has 2 rings (SSSR count). The Morgan fingerprint density at radius 3 is 2.78 bits per heavy atom. The standard InChI is InChI=1S/C14H20N2O2/c1-10(2)13-15-12-7-5-4-6-11(12)14(17)16(13)8-9-18-3/h4-7,10,13,15H,8-9H2,1-3H3. The molecule has 0 radical (unpaired) electrons. The molecule has 0 fully saturated rings. The summed E-state index contributed by atoms with van der Waals surface area (Å²) < 4.78 is 5.09. The summed E-state index contributed by atoms with van der Waals surface area (Å²) in [7, 11) is 1.65. The fourth-order valence-electron chi connectivity index (χ4n) is 2.27. The third kappa shape index (κ3) is 2.34. The van der Waals surface area contributed by atoms with Crippen LogP contribution in [0.1, 0.15) is 24.2 Å². The second-order valence-electron chi connectivity index (χ2n) is 4.87. The number of fused-ring (bicyclic) bond motifs is 1. The number of ether oxygens (including phenoxy) is 1. The van der Waals surface area contributed by atoms with E-state index in [9.17, 15) is 4.79 Å². The van der Waals surface area contributed by atoms with Crippen LogP contribution in [0.2, 0.25) is 0 Å². The smallest absolute Gasteiger partial charge is 0.257 e. The third-order valence-corrected chi connectivity index (χ3v) is 3.23. The average Bonchev–Trinajstić information content (AvgIpc) is 2.37. The summed E-state index contributed by atoms with van der Waals surface area (Å²) >= 11 is 0. The molecule has 4 heteroatoms. The van der Waals surface area contributed by atoms with Gasteiger partial charge in [0, 0.05) is 19.3 Å². The summed E-state index contributed by atoms with van der Waals surface area (Å²) in [5, 5.41) is 3.44. The number of rotatable bonds is 4. The Labute approximate surface area is 108 Å². The largest absolute Gasteiger partial charge is 0.383 e. The minimum absolute atomic E-state index is 0.0301. The molecule has 1 aromatic carbocycles. The molecule has 0 aromatic heterocycles. The molecule has 1 aromatic rings. The van der Waals surface area contributed by atoms with Crippen molar-refractivity contribution in [2.24, 2.45) is 5.92 Å². The molecule has 0 aliphatic carbocycles.